The summed E-state index contributed by atoms with van der Waals surface area (Å²) < 4.78 is 11.1. The predicted molar refractivity (Wildman–Crippen MR) is 69.8 cm³/mol. The molecule has 1 N–H and O–H groups in total. The molecule has 0 aliphatic carbocycles. The normalized spacial score (nSPS) is 13.2. The average molecular weight is 249 g/mol. The van der Waals surface area contributed by atoms with E-state index in [1.165, 1.54) is 10.5 Å². The van der Waals surface area contributed by atoms with Crippen molar-refractivity contribution in [3.05, 3.63) is 17.7 Å². The van der Waals surface area contributed by atoms with Gasteiger partial charge >= 0.3 is 0 Å². The number of ether oxygens (including phenoxy) is 2. The number of benzene rings is 1. The maximum absolute atomic E-state index is 5.57. The summed E-state index contributed by atoms with van der Waals surface area (Å²) in [5, 5.41) is 3.19. The maximum atomic E-state index is 5.57. The minimum absolute atomic E-state index is 0.572. The Hall–Kier alpha value is -1.31. The zero-order valence-electron chi connectivity index (χ0n) is 9.79. The van der Waals surface area contributed by atoms with Crippen LogP contribution in [0.4, 0.5) is 0 Å². The van der Waals surface area contributed by atoms with Gasteiger partial charge in [0.2, 0.25) is 0 Å². The molecule has 0 radical (unpaired) electrons. The van der Waals surface area contributed by atoms with E-state index in [4.69, 9.17) is 15.9 Å². The highest BCUT2D eigenvalue weighted by Gasteiger charge is 2.15. The molecule has 1 aromatic carbocycles. The van der Waals surface area contributed by atoms with E-state index < -0.39 is 0 Å². The minimum atomic E-state index is 0.572. The number of nitrogens with one attached hydrogen (secondary N) is 1. The average Bonchev–Trinajstić information content (AvgIpc) is 2.38. The van der Waals surface area contributed by atoms with E-state index in [0.29, 0.717) is 19.8 Å². The number of hydrogen-bond acceptors (Lipinski definition) is 4. The maximum Gasteiger partial charge on any atom is 0.162 e. The van der Waals surface area contributed by atoms with Gasteiger partial charge in [-0.25, -0.2) is 0 Å². The van der Waals surface area contributed by atoms with Crippen molar-refractivity contribution in [2.75, 3.05) is 26.0 Å². The van der Waals surface area contributed by atoms with Crippen molar-refractivity contribution >= 4 is 11.8 Å². The molecular weight excluding hydrogens is 234 g/mol. The molecule has 90 valence electrons. The summed E-state index contributed by atoms with van der Waals surface area (Å²) in [6.45, 7) is 2.55. The third-order valence-electron chi connectivity index (χ3n) is 2.49. The van der Waals surface area contributed by atoms with Crippen molar-refractivity contribution < 1.29 is 9.47 Å². The molecule has 1 aliphatic heterocycles. The van der Waals surface area contributed by atoms with Gasteiger partial charge in [-0.05, 0) is 24.0 Å². The monoisotopic (exact) mass is 249 g/mol. The van der Waals surface area contributed by atoms with Gasteiger partial charge in [0, 0.05) is 11.4 Å². The molecule has 0 unspecified atom stereocenters. The highest BCUT2D eigenvalue weighted by molar-refractivity contribution is 7.98. The second-order valence-corrected chi connectivity index (χ2v) is 4.46. The van der Waals surface area contributed by atoms with Crippen molar-refractivity contribution in [2.24, 2.45) is 0 Å². The van der Waals surface area contributed by atoms with E-state index in [-0.39, 0.29) is 0 Å². The van der Waals surface area contributed by atoms with Crippen LogP contribution in [0.3, 0.4) is 0 Å². The Morgan fingerprint density at radius 2 is 2.06 bits per heavy atom. The molecule has 3 nitrogen and oxygen atoms in total. The third-order valence-corrected chi connectivity index (χ3v) is 3.31. The Balaban J connectivity index is 2.21. The fraction of sp³-hybridized carbons (Fsp3) is 0.385. The van der Waals surface area contributed by atoms with E-state index in [2.05, 4.69) is 17.5 Å². The largest absolute Gasteiger partial charge is 0.486 e. The minimum Gasteiger partial charge on any atom is -0.486 e. The highest BCUT2D eigenvalue weighted by Crippen LogP contribution is 2.36. The number of thioether (sulfide) groups is 1. The summed E-state index contributed by atoms with van der Waals surface area (Å²) in [5.41, 5.74) is 1.19. The lowest BCUT2D eigenvalue weighted by Crippen LogP contribution is -2.17. The van der Waals surface area contributed by atoms with Gasteiger partial charge < -0.3 is 14.8 Å². The summed E-state index contributed by atoms with van der Waals surface area (Å²) in [7, 11) is 0. The zero-order valence-corrected chi connectivity index (χ0v) is 10.6. The van der Waals surface area contributed by atoms with Gasteiger partial charge in [0.05, 0.1) is 6.54 Å². The van der Waals surface area contributed by atoms with E-state index >= 15 is 0 Å². The smallest absolute Gasteiger partial charge is 0.162 e. The molecule has 0 fully saturated rings. The molecule has 0 bridgehead atoms. The summed E-state index contributed by atoms with van der Waals surface area (Å²) in [4.78, 5) is 1.19. The first kappa shape index (κ1) is 12.2. The van der Waals surface area contributed by atoms with Crippen LogP contribution in [0.5, 0.6) is 11.5 Å². The van der Waals surface area contributed by atoms with Gasteiger partial charge in [-0.3, -0.25) is 0 Å². The predicted octanol–water partition coefficient (Wildman–Crippen LogP) is 1.90. The first-order valence-corrected chi connectivity index (χ1v) is 6.68. The molecule has 0 saturated carbocycles. The lowest BCUT2D eigenvalue weighted by atomic mass is 10.2. The number of hydrogen-bond donors (Lipinski definition) is 1. The van der Waals surface area contributed by atoms with Crippen molar-refractivity contribution in [3.8, 4) is 23.8 Å². The highest BCUT2D eigenvalue weighted by atomic mass is 32.2. The van der Waals surface area contributed by atoms with Gasteiger partial charge in [0.1, 0.15) is 13.2 Å². The van der Waals surface area contributed by atoms with E-state index in [0.717, 1.165) is 18.0 Å². The van der Waals surface area contributed by atoms with Crippen LogP contribution in [0, 0.1) is 12.3 Å². The molecule has 0 saturated heterocycles. The first-order chi connectivity index (χ1) is 8.35. The van der Waals surface area contributed by atoms with Gasteiger partial charge in [0.25, 0.3) is 0 Å². The van der Waals surface area contributed by atoms with Crippen LogP contribution in [-0.4, -0.2) is 26.0 Å². The molecule has 1 aliphatic rings. The number of terminal acetylenes is 1. The van der Waals surface area contributed by atoms with Crippen LogP contribution in [0.1, 0.15) is 5.56 Å². The van der Waals surface area contributed by atoms with Crippen LogP contribution < -0.4 is 14.8 Å². The molecular formula is C13H15NO2S. The zero-order chi connectivity index (χ0) is 12.1. The molecule has 17 heavy (non-hydrogen) atoms. The van der Waals surface area contributed by atoms with Gasteiger partial charge in [-0.15, -0.1) is 18.2 Å². The Labute approximate surface area is 106 Å². The fourth-order valence-corrected chi connectivity index (χ4v) is 2.33. The van der Waals surface area contributed by atoms with Crippen molar-refractivity contribution in [1.29, 1.82) is 0 Å². The van der Waals surface area contributed by atoms with Crippen LogP contribution in [0.15, 0.2) is 17.0 Å². The van der Waals surface area contributed by atoms with Gasteiger partial charge in [0.15, 0.2) is 11.5 Å². The van der Waals surface area contributed by atoms with Crippen LogP contribution in [0.2, 0.25) is 0 Å². The molecule has 4 heteroatoms. The van der Waals surface area contributed by atoms with Crippen molar-refractivity contribution in [2.45, 2.75) is 11.4 Å². The summed E-state index contributed by atoms with van der Waals surface area (Å²) >= 11 is 1.70. The standard InChI is InChI=1S/C13H15NO2S/c1-3-4-14-9-10-7-11-12(8-13(10)17-2)16-6-5-15-11/h1,7-8,14H,4-6,9H2,2H3. The van der Waals surface area contributed by atoms with Gasteiger partial charge in [-0.1, -0.05) is 5.92 Å². The van der Waals surface area contributed by atoms with E-state index in [1.807, 2.05) is 12.1 Å². The SMILES string of the molecule is C#CCNCc1cc2c(cc1SC)OCCO2. The lowest BCUT2D eigenvalue weighted by Gasteiger charge is -2.20. The molecule has 1 aromatic rings. The third kappa shape index (κ3) is 2.87. The van der Waals surface area contributed by atoms with E-state index in [9.17, 15) is 0 Å². The molecule has 0 amide bonds. The number of rotatable bonds is 4. The van der Waals surface area contributed by atoms with E-state index in [1.54, 1.807) is 11.8 Å². The van der Waals surface area contributed by atoms with Crippen LogP contribution >= 0.6 is 11.8 Å². The molecule has 0 aromatic heterocycles. The Kier molecular flexibility index (Phi) is 4.18. The number of fused-ring (bicyclic) bond motifs is 1. The fourth-order valence-electron chi connectivity index (χ4n) is 1.71. The molecule has 0 spiro atoms. The van der Waals surface area contributed by atoms with Crippen molar-refractivity contribution in [3.63, 3.8) is 0 Å². The molecule has 1 heterocycles. The summed E-state index contributed by atoms with van der Waals surface area (Å²) in [6.07, 6.45) is 7.26. The Bertz CT molecular complexity index is 440. The summed E-state index contributed by atoms with van der Waals surface area (Å²) in [6, 6.07) is 4.07. The Morgan fingerprint density at radius 3 is 2.71 bits per heavy atom. The van der Waals surface area contributed by atoms with Crippen LogP contribution in [0.25, 0.3) is 0 Å². The second-order valence-electron chi connectivity index (χ2n) is 3.62. The van der Waals surface area contributed by atoms with Crippen molar-refractivity contribution in [1.82, 2.24) is 5.32 Å². The van der Waals surface area contributed by atoms with Crippen LogP contribution in [-0.2, 0) is 6.54 Å². The topological polar surface area (TPSA) is 30.5 Å². The molecule has 0 atom stereocenters. The quantitative estimate of drug-likeness (QED) is 0.501. The first-order valence-electron chi connectivity index (χ1n) is 5.46. The second kappa shape index (κ2) is 5.85. The molecule has 2 rings (SSSR count). The van der Waals surface area contributed by atoms with Gasteiger partial charge in [-0.2, -0.15) is 0 Å². The Morgan fingerprint density at radius 1 is 1.35 bits per heavy atom. The summed E-state index contributed by atoms with van der Waals surface area (Å²) in [5.74, 6) is 4.22. The lowest BCUT2D eigenvalue weighted by molar-refractivity contribution is 0.171.